The zero-order valence-electron chi connectivity index (χ0n) is 7.51. The minimum atomic E-state index is -0.214. The zero-order chi connectivity index (χ0) is 9.52. The number of hydrogen-bond donors (Lipinski definition) is 2. The van der Waals surface area contributed by atoms with Crippen LogP contribution in [0.4, 0.5) is 4.79 Å². The van der Waals surface area contributed by atoms with E-state index in [1.54, 1.807) is 0 Å². The average molecular weight is 182 g/mol. The van der Waals surface area contributed by atoms with Crippen molar-refractivity contribution in [3.8, 4) is 12.3 Å². The highest BCUT2D eigenvalue weighted by Gasteiger charge is 2.15. The molecule has 0 aromatic rings. The summed E-state index contributed by atoms with van der Waals surface area (Å²) in [6.45, 7) is 1.66. The summed E-state index contributed by atoms with van der Waals surface area (Å²) in [4.78, 5) is 11.1. The van der Waals surface area contributed by atoms with Gasteiger partial charge in [0.05, 0.1) is 19.2 Å². The third-order valence-electron chi connectivity index (χ3n) is 1.85. The van der Waals surface area contributed by atoms with Gasteiger partial charge < -0.3 is 15.4 Å². The van der Waals surface area contributed by atoms with Crippen LogP contribution in [-0.4, -0.2) is 31.8 Å². The Morgan fingerprint density at radius 2 is 2.54 bits per heavy atom. The van der Waals surface area contributed by atoms with Gasteiger partial charge in [0.15, 0.2) is 0 Å². The summed E-state index contributed by atoms with van der Waals surface area (Å²) < 4.78 is 5.20. The van der Waals surface area contributed by atoms with Gasteiger partial charge in [0.1, 0.15) is 0 Å². The second-order valence-corrected chi connectivity index (χ2v) is 2.95. The molecule has 72 valence electrons. The number of nitrogens with one attached hydrogen (secondary N) is 2. The number of hydrogen-bond acceptors (Lipinski definition) is 2. The van der Waals surface area contributed by atoms with Crippen molar-refractivity contribution in [2.24, 2.45) is 0 Å². The molecule has 1 rings (SSSR count). The number of carbonyl (C=O) groups excluding carboxylic acids is 1. The molecular weight excluding hydrogens is 168 g/mol. The van der Waals surface area contributed by atoms with Gasteiger partial charge in [-0.25, -0.2) is 4.79 Å². The molecule has 2 amide bonds. The Bertz CT molecular complexity index is 204. The third kappa shape index (κ3) is 3.81. The van der Waals surface area contributed by atoms with Crippen LogP contribution in [0.2, 0.25) is 0 Å². The van der Waals surface area contributed by atoms with Gasteiger partial charge in [-0.2, -0.15) is 0 Å². The highest BCUT2D eigenvalue weighted by molar-refractivity contribution is 5.74. The van der Waals surface area contributed by atoms with Crippen LogP contribution in [0.3, 0.4) is 0 Å². The number of ether oxygens (including phenoxy) is 1. The van der Waals surface area contributed by atoms with E-state index in [0.29, 0.717) is 6.61 Å². The van der Waals surface area contributed by atoms with E-state index in [1.165, 1.54) is 0 Å². The lowest BCUT2D eigenvalue weighted by atomic mass is 10.1. The van der Waals surface area contributed by atoms with Crippen LogP contribution < -0.4 is 10.6 Å². The quantitative estimate of drug-likeness (QED) is 0.595. The first-order valence-corrected chi connectivity index (χ1v) is 4.38. The lowest BCUT2D eigenvalue weighted by Crippen LogP contribution is -2.45. The molecule has 1 fully saturated rings. The number of carbonyl (C=O) groups is 1. The molecule has 0 radical (unpaired) electrons. The van der Waals surface area contributed by atoms with Gasteiger partial charge in [-0.05, 0) is 12.8 Å². The SMILES string of the molecule is C#CCNC(=O)NC1CCCOC1. The van der Waals surface area contributed by atoms with Crippen molar-refractivity contribution in [2.45, 2.75) is 18.9 Å². The van der Waals surface area contributed by atoms with Crippen molar-refractivity contribution in [1.82, 2.24) is 10.6 Å². The van der Waals surface area contributed by atoms with Gasteiger partial charge in [-0.15, -0.1) is 6.42 Å². The van der Waals surface area contributed by atoms with E-state index >= 15 is 0 Å². The second kappa shape index (κ2) is 5.44. The van der Waals surface area contributed by atoms with Crippen molar-refractivity contribution in [3.05, 3.63) is 0 Å². The molecule has 4 nitrogen and oxygen atoms in total. The molecule has 0 spiro atoms. The predicted octanol–water partition coefficient (Wildman–Crippen LogP) is 0.0978. The normalized spacial score (nSPS) is 21.6. The Morgan fingerprint density at radius 1 is 1.69 bits per heavy atom. The average Bonchev–Trinajstić information content (AvgIpc) is 2.16. The first kappa shape index (κ1) is 9.87. The Kier molecular flexibility index (Phi) is 4.13. The summed E-state index contributed by atoms with van der Waals surface area (Å²) >= 11 is 0. The lowest BCUT2D eigenvalue weighted by molar-refractivity contribution is 0.0732. The molecule has 1 aliphatic rings. The Hall–Kier alpha value is -1.21. The van der Waals surface area contributed by atoms with E-state index in [9.17, 15) is 4.79 Å². The van der Waals surface area contributed by atoms with Gasteiger partial charge in [-0.3, -0.25) is 0 Å². The monoisotopic (exact) mass is 182 g/mol. The molecule has 1 unspecified atom stereocenters. The third-order valence-corrected chi connectivity index (χ3v) is 1.85. The summed E-state index contributed by atoms with van der Waals surface area (Å²) in [5, 5.41) is 5.32. The first-order chi connectivity index (χ1) is 6.33. The van der Waals surface area contributed by atoms with E-state index in [1.807, 2.05) is 0 Å². The van der Waals surface area contributed by atoms with Crippen LogP contribution in [0.1, 0.15) is 12.8 Å². The van der Waals surface area contributed by atoms with Crippen LogP contribution in [-0.2, 0) is 4.74 Å². The minimum absolute atomic E-state index is 0.131. The summed E-state index contributed by atoms with van der Waals surface area (Å²) in [7, 11) is 0. The van der Waals surface area contributed by atoms with Crippen molar-refractivity contribution in [3.63, 3.8) is 0 Å². The highest BCUT2D eigenvalue weighted by atomic mass is 16.5. The van der Waals surface area contributed by atoms with E-state index in [2.05, 4.69) is 16.6 Å². The molecule has 4 heteroatoms. The molecule has 1 aliphatic heterocycles. The maximum absolute atomic E-state index is 11.1. The van der Waals surface area contributed by atoms with Crippen molar-refractivity contribution in [1.29, 1.82) is 0 Å². The Labute approximate surface area is 78.0 Å². The van der Waals surface area contributed by atoms with Gasteiger partial charge in [0.25, 0.3) is 0 Å². The summed E-state index contributed by atoms with van der Waals surface area (Å²) in [5.41, 5.74) is 0. The van der Waals surface area contributed by atoms with Crippen molar-refractivity contribution < 1.29 is 9.53 Å². The van der Waals surface area contributed by atoms with Gasteiger partial charge in [0.2, 0.25) is 0 Å². The molecule has 13 heavy (non-hydrogen) atoms. The molecule has 1 atom stereocenters. The fourth-order valence-electron chi connectivity index (χ4n) is 1.22. The van der Waals surface area contributed by atoms with E-state index in [4.69, 9.17) is 11.2 Å². The number of amides is 2. The summed E-state index contributed by atoms with van der Waals surface area (Å²) in [6.07, 6.45) is 6.97. The number of terminal acetylenes is 1. The fourth-order valence-corrected chi connectivity index (χ4v) is 1.22. The molecule has 0 aromatic heterocycles. The smallest absolute Gasteiger partial charge is 0.315 e. The number of urea groups is 1. The molecule has 0 aromatic carbocycles. The first-order valence-electron chi connectivity index (χ1n) is 4.38. The maximum atomic E-state index is 11.1. The molecule has 0 aliphatic carbocycles. The summed E-state index contributed by atoms with van der Waals surface area (Å²) in [6, 6.07) is -0.0834. The minimum Gasteiger partial charge on any atom is -0.379 e. The maximum Gasteiger partial charge on any atom is 0.315 e. The van der Waals surface area contributed by atoms with Crippen molar-refractivity contribution >= 4 is 6.03 Å². The topological polar surface area (TPSA) is 50.4 Å². The summed E-state index contributed by atoms with van der Waals surface area (Å²) in [5.74, 6) is 2.33. The molecule has 0 bridgehead atoms. The molecule has 1 saturated heterocycles. The van der Waals surface area contributed by atoms with Crippen LogP contribution in [0.25, 0.3) is 0 Å². The van der Waals surface area contributed by atoms with E-state index in [-0.39, 0.29) is 18.6 Å². The Balaban J connectivity index is 2.15. The van der Waals surface area contributed by atoms with Crippen LogP contribution in [0, 0.1) is 12.3 Å². The van der Waals surface area contributed by atoms with Crippen LogP contribution in [0.15, 0.2) is 0 Å². The molecular formula is C9H14N2O2. The van der Waals surface area contributed by atoms with Gasteiger partial charge in [-0.1, -0.05) is 5.92 Å². The standard InChI is InChI=1S/C9H14N2O2/c1-2-5-10-9(12)11-8-4-3-6-13-7-8/h1,8H,3-7H2,(H2,10,11,12). The van der Waals surface area contributed by atoms with Crippen molar-refractivity contribution in [2.75, 3.05) is 19.8 Å². The number of rotatable bonds is 2. The van der Waals surface area contributed by atoms with Crippen LogP contribution >= 0.6 is 0 Å². The molecule has 1 heterocycles. The van der Waals surface area contributed by atoms with E-state index in [0.717, 1.165) is 19.4 Å². The van der Waals surface area contributed by atoms with Gasteiger partial charge in [0, 0.05) is 6.61 Å². The molecule has 2 N–H and O–H groups in total. The van der Waals surface area contributed by atoms with Gasteiger partial charge >= 0.3 is 6.03 Å². The molecule has 0 saturated carbocycles. The largest absolute Gasteiger partial charge is 0.379 e. The van der Waals surface area contributed by atoms with E-state index < -0.39 is 0 Å². The zero-order valence-corrected chi connectivity index (χ0v) is 7.51. The van der Waals surface area contributed by atoms with Crippen LogP contribution in [0.5, 0.6) is 0 Å². The lowest BCUT2D eigenvalue weighted by Gasteiger charge is -2.22. The fraction of sp³-hybridized carbons (Fsp3) is 0.667. The predicted molar refractivity (Wildman–Crippen MR) is 49.2 cm³/mol. The Morgan fingerprint density at radius 3 is 3.15 bits per heavy atom. The second-order valence-electron chi connectivity index (χ2n) is 2.95. The highest BCUT2D eigenvalue weighted by Crippen LogP contribution is 2.04.